The number of hydrogen-bond donors (Lipinski definition) is 2. The minimum absolute atomic E-state index is 0.338. The topological polar surface area (TPSA) is 53.4 Å². The number of halogens is 3. The van der Waals surface area contributed by atoms with Crippen LogP contribution in [0.25, 0.3) is 11.3 Å². The summed E-state index contributed by atoms with van der Waals surface area (Å²) in [6, 6.07) is 6.25. The quantitative estimate of drug-likeness (QED) is 0.661. The first-order chi connectivity index (χ1) is 8.88. The van der Waals surface area contributed by atoms with Crippen LogP contribution in [0.5, 0.6) is 0 Å². The first-order valence-electron chi connectivity index (χ1n) is 5.38. The van der Waals surface area contributed by atoms with Crippen molar-refractivity contribution < 1.29 is 10.0 Å². The van der Waals surface area contributed by atoms with Gasteiger partial charge in [0.05, 0.1) is 20.8 Å². The Morgan fingerprint density at radius 2 is 1.58 bits per heavy atom. The number of hydrogen-bond acceptors (Lipinski definition) is 3. The average Bonchev–Trinajstić information content (AvgIpc) is 2.33. The van der Waals surface area contributed by atoms with Crippen LogP contribution >= 0.6 is 34.8 Å². The van der Waals surface area contributed by atoms with Crippen molar-refractivity contribution in [2.75, 3.05) is 0 Å². The molecular weight excluding hydrogens is 307 g/mol. The fourth-order valence-corrected chi connectivity index (χ4v) is 2.34. The minimum Gasteiger partial charge on any atom is -0.423 e. The lowest BCUT2D eigenvalue weighted by Gasteiger charge is -2.09. The second kappa shape index (κ2) is 5.69. The second-order valence-corrected chi connectivity index (χ2v) is 5.27. The third-order valence-corrected chi connectivity index (χ3v) is 3.59. The van der Waals surface area contributed by atoms with Crippen molar-refractivity contribution in [1.82, 2.24) is 4.98 Å². The van der Waals surface area contributed by atoms with Gasteiger partial charge >= 0.3 is 7.12 Å². The maximum absolute atomic E-state index is 9.24. The normalized spacial score (nSPS) is 10.6. The smallest absolute Gasteiger partial charge is 0.423 e. The largest absolute Gasteiger partial charge is 0.488 e. The lowest BCUT2D eigenvalue weighted by molar-refractivity contribution is 0.425. The van der Waals surface area contributed by atoms with Gasteiger partial charge in [-0.2, -0.15) is 0 Å². The van der Waals surface area contributed by atoms with E-state index in [1.54, 1.807) is 25.1 Å². The van der Waals surface area contributed by atoms with E-state index in [1.165, 1.54) is 6.07 Å². The van der Waals surface area contributed by atoms with E-state index in [-0.39, 0.29) is 0 Å². The van der Waals surface area contributed by atoms with E-state index < -0.39 is 7.12 Å². The standard InChI is InChI=1S/C12H9BCl3NO2/c1-6-2-7(13(18)19)3-12(17-6)8-4-10(15)11(16)5-9(8)14/h2-5,18-19H,1H3. The van der Waals surface area contributed by atoms with Crippen LogP contribution in [0.2, 0.25) is 15.1 Å². The number of aryl methyl sites for hydroxylation is 1. The molecule has 0 amide bonds. The second-order valence-electron chi connectivity index (χ2n) is 4.05. The SMILES string of the molecule is Cc1cc(B(O)O)cc(-c2cc(Cl)c(Cl)cc2Cl)n1. The Bertz CT molecular complexity index is 635. The summed E-state index contributed by atoms with van der Waals surface area (Å²) in [5, 5.41) is 19.6. The van der Waals surface area contributed by atoms with Gasteiger partial charge in [0.15, 0.2) is 0 Å². The number of pyridine rings is 1. The lowest BCUT2D eigenvalue weighted by atomic mass is 9.80. The van der Waals surface area contributed by atoms with Gasteiger partial charge in [0.1, 0.15) is 0 Å². The highest BCUT2D eigenvalue weighted by molar-refractivity contribution is 6.58. The third-order valence-electron chi connectivity index (χ3n) is 2.56. The summed E-state index contributed by atoms with van der Waals surface area (Å²) in [5.41, 5.74) is 2.07. The highest BCUT2D eigenvalue weighted by atomic mass is 35.5. The Morgan fingerprint density at radius 3 is 2.21 bits per heavy atom. The van der Waals surface area contributed by atoms with Crippen molar-refractivity contribution in [1.29, 1.82) is 0 Å². The van der Waals surface area contributed by atoms with E-state index in [2.05, 4.69) is 4.98 Å². The zero-order valence-corrected chi connectivity index (χ0v) is 12.1. The van der Waals surface area contributed by atoms with E-state index >= 15 is 0 Å². The van der Waals surface area contributed by atoms with E-state index in [9.17, 15) is 10.0 Å². The van der Waals surface area contributed by atoms with Crippen molar-refractivity contribution in [3.05, 3.63) is 45.0 Å². The van der Waals surface area contributed by atoms with Crippen molar-refractivity contribution in [2.45, 2.75) is 6.92 Å². The van der Waals surface area contributed by atoms with Crippen molar-refractivity contribution in [3.63, 3.8) is 0 Å². The molecule has 0 fully saturated rings. The Balaban J connectivity index is 2.62. The molecule has 3 nitrogen and oxygen atoms in total. The maximum Gasteiger partial charge on any atom is 0.488 e. The monoisotopic (exact) mass is 315 g/mol. The molecule has 0 aliphatic rings. The first kappa shape index (κ1) is 14.6. The highest BCUT2D eigenvalue weighted by Crippen LogP contribution is 2.34. The van der Waals surface area contributed by atoms with Crippen LogP contribution in [0.3, 0.4) is 0 Å². The van der Waals surface area contributed by atoms with Gasteiger partial charge in [-0.1, -0.05) is 34.8 Å². The van der Waals surface area contributed by atoms with E-state index in [4.69, 9.17) is 34.8 Å². The summed E-state index contributed by atoms with van der Waals surface area (Å²) in [7, 11) is -1.57. The van der Waals surface area contributed by atoms with Crippen molar-refractivity contribution in [2.24, 2.45) is 0 Å². The van der Waals surface area contributed by atoms with Gasteiger partial charge in [0.2, 0.25) is 0 Å². The van der Waals surface area contributed by atoms with Gasteiger partial charge in [-0.15, -0.1) is 0 Å². The Hall–Kier alpha value is -0.775. The summed E-state index contributed by atoms with van der Waals surface area (Å²) in [6.07, 6.45) is 0. The predicted octanol–water partition coefficient (Wildman–Crippen LogP) is 2.70. The van der Waals surface area contributed by atoms with Crippen LogP contribution in [0.4, 0.5) is 0 Å². The van der Waals surface area contributed by atoms with Gasteiger partial charge < -0.3 is 10.0 Å². The van der Waals surface area contributed by atoms with Crippen LogP contribution in [-0.4, -0.2) is 22.2 Å². The fraction of sp³-hybridized carbons (Fsp3) is 0.0833. The number of aromatic nitrogens is 1. The number of nitrogens with zero attached hydrogens (tertiary/aromatic N) is 1. The molecule has 19 heavy (non-hydrogen) atoms. The summed E-state index contributed by atoms with van der Waals surface area (Å²) < 4.78 is 0. The van der Waals surface area contributed by atoms with Gasteiger partial charge in [0, 0.05) is 11.3 Å². The molecule has 1 aromatic carbocycles. The molecule has 98 valence electrons. The van der Waals surface area contributed by atoms with Gasteiger partial charge in [-0.3, -0.25) is 4.98 Å². The van der Waals surface area contributed by atoms with Crippen LogP contribution in [0.15, 0.2) is 24.3 Å². The Kier molecular flexibility index (Phi) is 4.38. The molecule has 0 saturated carbocycles. The average molecular weight is 316 g/mol. The third kappa shape index (κ3) is 3.22. The van der Waals surface area contributed by atoms with Crippen molar-refractivity contribution >= 4 is 47.4 Å². The van der Waals surface area contributed by atoms with Crippen LogP contribution in [0.1, 0.15) is 5.69 Å². The molecule has 0 atom stereocenters. The van der Waals surface area contributed by atoms with Crippen LogP contribution in [-0.2, 0) is 0 Å². The summed E-state index contributed by atoms with van der Waals surface area (Å²) in [4.78, 5) is 4.31. The summed E-state index contributed by atoms with van der Waals surface area (Å²) in [5.74, 6) is 0. The minimum atomic E-state index is -1.57. The zero-order valence-electron chi connectivity index (χ0n) is 9.86. The molecular formula is C12H9BCl3NO2. The molecule has 0 spiro atoms. The molecule has 0 aliphatic heterocycles. The molecule has 2 N–H and O–H groups in total. The van der Waals surface area contributed by atoms with Gasteiger partial charge in [-0.05, 0) is 36.7 Å². The van der Waals surface area contributed by atoms with E-state index in [0.717, 1.165) is 0 Å². The van der Waals surface area contributed by atoms with Crippen molar-refractivity contribution in [3.8, 4) is 11.3 Å². The molecule has 0 unspecified atom stereocenters. The molecule has 2 aromatic rings. The predicted molar refractivity (Wildman–Crippen MR) is 79.3 cm³/mol. The molecule has 1 aromatic heterocycles. The summed E-state index contributed by atoms with van der Waals surface area (Å²) >= 11 is 17.9. The molecule has 1 heterocycles. The highest BCUT2D eigenvalue weighted by Gasteiger charge is 2.16. The number of rotatable bonds is 2. The lowest BCUT2D eigenvalue weighted by Crippen LogP contribution is -2.30. The molecule has 0 aliphatic carbocycles. The fourth-order valence-electron chi connectivity index (χ4n) is 1.70. The molecule has 2 rings (SSSR count). The molecule has 7 heteroatoms. The first-order valence-corrected chi connectivity index (χ1v) is 6.51. The van der Waals surface area contributed by atoms with E-state index in [0.29, 0.717) is 37.5 Å². The van der Waals surface area contributed by atoms with Crippen LogP contribution in [0, 0.1) is 6.92 Å². The molecule has 0 radical (unpaired) electrons. The molecule has 0 bridgehead atoms. The molecule has 0 saturated heterocycles. The van der Waals surface area contributed by atoms with Gasteiger partial charge in [0.25, 0.3) is 0 Å². The zero-order chi connectivity index (χ0) is 14.2. The number of benzene rings is 1. The Morgan fingerprint density at radius 1 is 0.947 bits per heavy atom. The van der Waals surface area contributed by atoms with E-state index in [1.807, 2.05) is 0 Å². The summed E-state index contributed by atoms with van der Waals surface area (Å²) in [6.45, 7) is 1.75. The van der Waals surface area contributed by atoms with Crippen LogP contribution < -0.4 is 5.46 Å². The van der Waals surface area contributed by atoms with Gasteiger partial charge in [-0.25, -0.2) is 0 Å². The Labute approximate surface area is 125 Å². The maximum atomic E-state index is 9.24.